The maximum atomic E-state index is 12.6. The molecule has 1 aromatic carbocycles. The van der Waals surface area contributed by atoms with Crippen molar-refractivity contribution in [2.24, 2.45) is 22.7 Å². The summed E-state index contributed by atoms with van der Waals surface area (Å²) in [7, 11) is 3.19. The third-order valence-corrected chi connectivity index (χ3v) is 8.99. The number of hydrogen-bond donors (Lipinski definition) is 0. The van der Waals surface area contributed by atoms with Crippen molar-refractivity contribution in [3.63, 3.8) is 0 Å². The highest BCUT2D eigenvalue weighted by molar-refractivity contribution is 8.03. The summed E-state index contributed by atoms with van der Waals surface area (Å²) in [4.78, 5) is 14.2. The molecule has 140 valence electrons. The predicted octanol–water partition coefficient (Wildman–Crippen LogP) is 5.03. The normalized spacial score (nSPS) is 34.6. The van der Waals surface area contributed by atoms with Crippen molar-refractivity contribution in [2.45, 2.75) is 39.5 Å². The second kappa shape index (κ2) is 6.05. The first-order chi connectivity index (χ1) is 12.3. The van der Waals surface area contributed by atoms with Crippen LogP contribution in [0.1, 0.15) is 45.1 Å². The van der Waals surface area contributed by atoms with Crippen LogP contribution in [-0.2, 0) is 9.53 Å². The van der Waals surface area contributed by atoms with Gasteiger partial charge in [-0.1, -0.05) is 32.9 Å². The topological polar surface area (TPSA) is 35.5 Å². The van der Waals surface area contributed by atoms with Crippen LogP contribution in [0.15, 0.2) is 34.7 Å². The van der Waals surface area contributed by atoms with Gasteiger partial charge in [0.1, 0.15) is 5.75 Å². The predicted molar refractivity (Wildman–Crippen MR) is 105 cm³/mol. The Morgan fingerprint density at radius 1 is 1.15 bits per heavy atom. The molecule has 4 rings (SSSR count). The molecule has 3 nitrogen and oxygen atoms in total. The molecule has 0 N–H and O–H groups in total. The number of thioether (sulfide) groups is 1. The number of carbonyl (C=O) groups excluding carboxylic acids is 1. The van der Waals surface area contributed by atoms with Crippen LogP contribution in [0.4, 0.5) is 0 Å². The van der Waals surface area contributed by atoms with Gasteiger partial charge < -0.3 is 9.47 Å². The van der Waals surface area contributed by atoms with Crippen molar-refractivity contribution in [1.82, 2.24) is 0 Å². The molecule has 1 heterocycles. The molecule has 1 saturated carbocycles. The zero-order valence-corrected chi connectivity index (χ0v) is 17.1. The molecule has 2 bridgehead atoms. The highest BCUT2D eigenvalue weighted by atomic mass is 32.2. The second-order valence-corrected chi connectivity index (χ2v) is 9.65. The number of rotatable bonds is 3. The molecule has 0 amide bonds. The van der Waals surface area contributed by atoms with E-state index >= 15 is 0 Å². The van der Waals surface area contributed by atoms with Gasteiger partial charge in [-0.05, 0) is 52.3 Å². The third kappa shape index (κ3) is 2.24. The monoisotopic (exact) mass is 372 g/mol. The van der Waals surface area contributed by atoms with Gasteiger partial charge >= 0.3 is 5.97 Å². The van der Waals surface area contributed by atoms with E-state index in [2.05, 4.69) is 32.9 Å². The van der Waals surface area contributed by atoms with Gasteiger partial charge in [-0.25, -0.2) is 0 Å². The van der Waals surface area contributed by atoms with E-state index in [-0.39, 0.29) is 28.6 Å². The van der Waals surface area contributed by atoms with Crippen LogP contribution in [0.25, 0.3) is 0 Å². The van der Waals surface area contributed by atoms with Crippen LogP contribution < -0.4 is 4.74 Å². The van der Waals surface area contributed by atoms with E-state index in [1.807, 2.05) is 23.9 Å². The largest absolute Gasteiger partial charge is 0.497 e. The van der Waals surface area contributed by atoms with Gasteiger partial charge in [0.15, 0.2) is 0 Å². The lowest BCUT2D eigenvalue weighted by Gasteiger charge is -2.39. The van der Waals surface area contributed by atoms with Crippen LogP contribution in [0.3, 0.4) is 0 Å². The molecule has 1 fully saturated rings. The summed E-state index contributed by atoms with van der Waals surface area (Å²) in [5.41, 5.74) is 3.21. The molecule has 0 aromatic heterocycles. The molecular weight excluding hydrogens is 344 g/mol. The molecule has 0 unspecified atom stereocenters. The Morgan fingerprint density at radius 3 is 2.46 bits per heavy atom. The van der Waals surface area contributed by atoms with Crippen molar-refractivity contribution < 1.29 is 14.3 Å². The smallest absolute Gasteiger partial charge is 0.310 e. The Balaban J connectivity index is 1.85. The molecule has 4 heteroatoms. The average molecular weight is 373 g/mol. The molecule has 0 spiro atoms. The molecule has 2 aliphatic carbocycles. The molecule has 0 saturated heterocycles. The van der Waals surface area contributed by atoms with Gasteiger partial charge in [0.25, 0.3) is 0 Å². The maximum Gasteiger partial charge on any atom is 0.310 e. The van der Waals surface area contributed by atoms with Gasteiger partial charge in [0.2, 0.25) is 0 Å². The fourth-order valence-electron chi connectivity index (χ4n) is 5.59. The minimum atomic E-state index is -0.115. The number of methoxy groups -OCH3 is 2. The summed E-state index contributed by atoms with van der Waals surface area (Å²) < 4.78 is 10.5. The molecule has 26 heavy (non-hydrogen) atoms. The zero-order valence-electron chi connectivity index (χ0n) is 16.3. The first-order valence-corrected chi connectivity index (χ1v) is 10.4. The Morgan fingerprint density at radius 2 is 1.85 bits per heavy atom. The first-order valence-electron chi connectivity index (χ1n) is 9.44. The lowest BCUT2D eigenvalue weighted by Crippen LogP contribution is -2.32. The number of fused-ring (bicyclic) bond motifs is 4. The number of carbonyl (C=O) groups is 1. The van der Waals surface area contributed by atoms with Crippen LogP contribution in [0.5, 0.6) is 5.75 Å². The Hall–Kier alpha value is -1.42. The maximum absolute atomic E-state index is 12.6. The van der Waals surface area contributed by atoms with E-state index in [0.29, 0.717) is 5.92 Å². The quantitative estimate of drug-likeness (QED) is 0.698. The molecule has 1 aliphatic heterocycles. The molecule has 1 aromatic rings. The molecule has 0 radical (unpaired) electrons. The molecule has 4 atom stereocenters. The van der Waals surface area contributed by atoms with Crippen LogP contribution in [-0.4, -0.2) is 25.9 Å². The van der Waals surface area contributed by atoms with Crippen molar-refractivity contribution >= 4 is 17.7 Å². The lowest BCUT2D eigenvalue weighted by atomic mass is 9.69. The van der Waals surface area contributed by atoms with Crippen LogP contribution in [0.2, 0.25) is 0 Å². The van der Waals surface area contributed by atoms with E-state index in [1.54, 1.807) is 12.0 Å². The van der Waals surface area contributed by atoms with E-state index in [9.17, 15) is 4.79 Å². The Kier molecular flexibility index (Phi) is 4.18. The summed E-state index contributed by atoms with van der Waals surface area (Å²) in [6.07, 6.45) is 2.48. The summed E-state index contributed by atoms with van der Waals surface area (Å²) in [6, 6.07) is 8.26. The van der Waals surface area contributed by atoms with Gasteiger partial charge in [-0.15, -0.1) is 11.8 Å². The highest BCUT2D eigenvalue weighted by Crippen LogP contribution is 2.73. The SMILES string of the molecule is COC(=O)[C@H]1CSC2=C([C@@H]1c1ccc(OC)cc1)[C@H]1CC[C@]2(C)C1(C)C. The van der Waals surface area contributed by atoms with E-state index < -0.39 is 0 Å². The average Bonchev–Trinajstić information content (AvgIpc) is 2.99. The van der Waals surface area contributed by atoms with Gasteiger partial charge in [0.05, 0.1) is 20.1 Å². The summed E-state index contributed by atoms with van der Waals surface area (Å²) in [6.45, 7) is 7.27. The highest BCUT2D eigenvalue weighted by Gasteiger charge is 2.63. The van der Waals surface area contributed by atoms with Crippen LogP contribution >= 0.6 is 11.8 Å². The van der Waals surface area contributed by atoms with Gasteiger partial charge in [0, 0.05) is 17.1 Å². The number of hydrogen-bond acceptors (Lipinski definition) is 4. The standard InChI is InChI=1S/C22H28O3S/c1-21(2)16-10-11-22(21,3)19-18(16)17(15(12-26-19)20(23)25-5)13-6-8-14(24-4)9-7-13/h6-9,15-17H,10-12H2,1-5H3/t15-,16+,17+,22-/m0/s1. The summed E-state index contributed by atoms with van der Waals surface area (Å²) >= 11 is 1.91. The first kappa shape index (κ1) is 18.0. The summed E-state index contributed by atoms with van der Waals surface area (Å²) in [5, 5.41) is 0. The Labute approximate surface area is 160 Å². The van der Waals surface area contributed by atoms with Crippen molar-refractivity contribution in [3.8, 4) is 5.75 Å². The minimum Gasteiger partial charge on any atom is -0.497 e. The number of esters is 1. The van der Waals surface area contributed by atoms with Gasteiger partial charge in [-0.2, -0.15) is 0 Å². The van der Waals surface area contributed by atoms with E-state index in [0.717, 1.165) is 11.5 Å². The Bertz CT molecular complexity index is 764. The number of ether oxygens (including phenoxy) is 2. The van der Waals surface area contributed by atoms with Crippen molar-refractivity contribution in [3.05, 3.63) is 40.3 Å². The minimum absolute atomic E-state index is 0.0874. The second-order valence-electron chi connectivity index (χ2n) is 8.62. The van der Waals surface area contributed by atoms with E-state index in [4.69, 9.17) is 9.47 Å². The molecule has 3 aliphatic rings. The lowest BCUT2D eigenvalue weighted by molar-refractivity contribution is -0.145. The zero-order chi connectivity index (χ0) is 18.7. The van der Waals surface area contributed by atoms with Crippen molar-refractivity contribution in [1.29, 1.82) is 0 Å². The number of benzene rings is 1. The van der Waals surface area contributed by atoms with Crippen LogP contribution in [0, 0.1) is 22.7 Å². The molecular formula is C22H28O3S. The fourth-order valence-corrected chi connectivity index (χ4v) is 7.39. The number of allylic oxidation sites excluding steroid dienone is 2. The third-order valence-electron chi connectivity index (χ3n) is 7.49. The van der Waals surface area contributed by atoms with Gasteiger partial charge in [-0.3, -0.25) is 4.79 Å². The van der Waals surface area contributed by atoms with Crippen molar-refractivity contribution in [2.75, 3.05) is 20.0 Å². The summed E-state index contributed by atoms with van der Waals surface area (Å²) in [5.74, 6) is 2.13. The van der Waals surface area contributed by atoms with E-state index in [1.165, 1.54) is 31.1 Å². The fraction of sp³-hybridized carbons (Fsp3) is 0.591.